The summed E-state index contributed by atoms with van der Waals surface area (Å²) in [6.07, 6.45) is 9.93. The Morgan fingerprint density at radius 3 is 2.93 bits per heavy atom. The van der Waals surface area contributed by atoms with E-state index in [2.05, 4.69) is 17.0 Å². The molecule has 0 aromatic carbocycles. The number of allylic oxidation sites excluding steroid dienone is 6. The van der Waals surface area contributed by atoms with Gasteiger partial charge < -0.3 is 10.6 Å². The Balaban J connectivity index is 2.13. The largest absolute Gasteiger partial charge is 0.372 e. The third-order valence-corrected chi connectivity index (χ3v) is 2.75. The average Bonchev–Trinajstić information content (AvgIpc) is 2.14. The number of nitriles is 1. The first-order valence-corrected chi connectivity index (χ1v) is 5.27. The first-order chi connectivity index (χ1) is 7.29. The lowest BCUT2D eigenvalue weighted by atomic mass is 10.0. The molecule has 0 aromatic rings. The van der Waals surface area contributed by atoms with Crippen molar-refractivity contribution in [3.63, 3.8) is 0 Å². The van der Waals surface area contributed by atoms with Crippen LogP contribution in [0, 0.1) is 11.3 Å². The van der Waals surface area contributed by atoms with Crippen LogP contribution in [0.2, 0.25) is 0 Å². The first-order valence-electron chi connectivity index (χ1n) is 5.27. The molecule has 15 heavy (non-hydrogen) atoms. The summed E-state index contributed by atoms with van der Waals surface area (Å²) in [6.45, 7) is 1.85. The molecule has 1 heterocycles. The highest BCUT2D eigenvalue weighted by Crippen LogP contribution is 2.21. The highest BCUT2D eigenvalue weighted by atomic mass is 15.2. The Bertz CT molecular complexity index is 365. The molecule has 1 saturated heterocycles. The standard InChI is InChI=1S/C12H15N3/c13-7-10-4-2-1-3-5-12(6-10)15-8-11(14)9-15/h1-2,4,6,11H,3,5,8-9,14H2/b2-1-,10-4?,12-6?. The molecule has 0 saturated carbocycles. The Labute approximate surface area is 90.2 Å². The molecule has 0 radical (unpaired) electrons. The van der Waals surface area contributed by atoms with Gasteiger partial charge in [0.05, 0.1) is 11.6 Å². The van der Waals surface area contributed by atoms with Gasteiger partial charge in [0.2, 0.25) is 0 Å². The minimum absolute atomic E-state index is 0.307. The summed E-state index contributed by atoms with van der Waals surface area (Å²) >= 11 is 0. The molecular weight excluding hydrogens is 186 g/mol. The summed E-state index contributed by atoms with van der Waals surface area (Å²) in [4.78, 5) is 2.26. The highest BCUT2D eigenvalue weighted by molar-refractivity contribution is 5.39. The van der Waals surface area contributed by atoms with Crippen molar-refractivity contribution in [1.29, 1.82) is 5.26 Å². The molecule has 2 N–H and O–H groups in total. The zero-order chi connectivity index (χ0) is 10.7. The van der Waals surface area contributed by atoms with Crippen LogP contribution in [0.3, 0.4) is 0 Å². The molecule has 78 valence electrons. The van der Waals surface area contributed by atoms with Crippen LogP contribution in [0.25, 0.3) is 0 Å². The number of nitrogens with zero attached hydrogens (tertiary/aromatic N) is 2. The summed E-state index contributed by atoms with van der Waals surface area (Å²) in [5.74, 6) is 0. The van der Waals surface area contributed by atoms with E-state index < -0.39 is 0 Å². The van der Waals surface area contributed by atoms with Crippen LogP contribution in [-0.4, -0.2) is 24.0 Å². The van der Waals surface area contributed by atoms with E-state index in [4.69, 9.17) is 11.0 Å². The molecule has 1 aliphatic carbocycles. The van der Waals surface area contributed by atoms with Crippen LogP contribution >= 0.6 is 0 Å². The summed E-state index contributed by atoms with van der Waals surface area (Å²) in [6, 6.07) is 2.50. The summed E-state index contributed by atoms with van der Waals surface area (Å²) in [5.41, 5.74) is 7.72. The van der Waals surface area contributed by atoms with Crippen molar-refractivity contribution in [1.82, 2.24) is 4.90 Å². The van der Waals surface area contributed by atoms with Crippen molar-refractivity contribution < 1.29 is 0 Å². The first kappa shape index (κ1) is 10.0. The molecule has 2 aliphatic rings. The summed E-state index contributed by atoms with van der Waals surface area (Å²) in [5, 5.41) is 8.91. The van der Waals surface area contributed by atoms with Gasteiger partial charge in [-0.1, -0.05) is 12.2 Å². The third kappa shape index (κ3) is 2.28. The zero-order valence-corrected chi connectivity index (χ0v) is 8.69. The molecule has 2 rings (SSSR count). The monoisotopic (exact) mass is 201 g/mol. The molecule has 1 aliphatic heterocycles. The van der Waals surface area contributed by atoms with Crippen LogP contribution < -0.4 is 5.73 Å². The smallest absolute Gasteiger partial charge is 0.0992 e. The molecule has 1 fully saturated rings. The van der Waals surface area contributed by atoms with Crippen molar-refractivity contribution in [3.8, 4) is 6.07 Å². The van der Waals surface area contributed by atoms with E-state index in [9.17, 15) is 0 Å². The second kappa shape index (κ2) is 4.33. The van der Waals surface area contributed by atoms with Crippen molar-refractivity contribution in [2.24, 2.45) is 5.73 Å². The molecule has 3 nitrogen and oxygen atoms in total. The minimum atomic E-state index is 0.307. The summed E-state index contributed by atoms with van der Waals surface area (Å²) in [7, 11) is 0. The molecule has 0 spiro atoms. The maximum atomic E-state index is 8.91. The van der Waals surface area contributed by atoms with Gasteiger partial charge in [-0.15, -0.1) is 0 Å². The van der Waals surface area contributed by atoms with Crippen LogP contribution in [0.15, 0.2) is 35.6 Å². The highest BCUT2D eigenvalue weighted by Gasteiger charge is 2.24. The Morgan fingerprint density at radius 1 is 1.47 bits per heavy atom. The maximum Gasteiger partial charge on any atom is 0.0992 e. The fourth-order valence-electron chi connectivity index (χ4n) is 1.87. The second-order valence-electron chi connectivity index (χ2n) is 4.00. The van der Waals surface area contributed by atoms with Crippen LogP contribution in [-0.2, 0) is 0 Å². The van der Waals surface area contributed by atoms with E-state index in [-0.39, 0.29) is 0 Å². The molecule has 3 heteroatoms. The van der Waals surface area contributed by atoms with E-state index in [1.165, 1.54) is 5.70 Å². The van der Waals surface area contributed by atoms with Crippen molar-refractivity contribution in [2.75, 3.05) is 13.1 Å². The lowest BCUT2D eigenvalue weighted by Gasteiger charge is -2.40. The van der Waals surface area contributed by atoms with Gasteiger partial charge in [0.15, 0.2) is 0 Å². The third-order valence-electron chi connectivity index (χ3n) is 2.75. The van der Waals surface area contributed by atoms with Crippen molar-refractivity contribution in [3.05, 3.63) is 35.6 Å². The van der Waals surface area contributed by atoms with Crippen LogP contribution in [0.4, 0.5) is 0 Å². The van der Waals surface area contributed by atoms with Crippen molar-refractivity contribution >= 4 is 0 Å². The van der Waals surface area contributed by atoms with Gasteiger partial charge in [-0.3, -0.25) is 0 Å². The summed E-state index contributed by atoms with van der Waals surface area (Å²) < 4.78 is 0. The Kier molecular flexibility index (Phi) is 2.89. The second-order valence-corrected chi connectivity index (χ2v) is 4.00. The number of nitrogens with two attached hydrogens (primary N) is 1. The van der Waals surface area contributed by atoms with Gasteiger partial charge in [0.25, 0.3) is 0 Å². The van der Waals surface area contributed by atoms with Gasteiger partial charge >= 0.3 is 0 Å². The van der Waals surface area contributed by atoms with Gasteiger partial charge in [-0.25, -0.2) is 0 Å². The van der Waals surface area contributed by atoms with Gasteiger partial charge in [-0.2, -0.15) is 5.26 Å². The molecule has 0 aromatic heterocycles. The normalized spacial score (nSPS) is 24.1. The van der Waals surface area contributed by atoms with E-state index in [0.717, 1.165) is 31.5 Å². The minimum Gasteiger partial charge on any atom is -0.372 e. The maximum absolute atomic E-state index is 8.91. The van der Waals surface area contributed by atoms with Crippen molar-refractivity contribution in [2.45, 2.75) is 18.9 Å². The van der Waals surface area contributed by atoms with E-state index in [1.807, 2.05) is 18.2 Å². The van der Waals surface area contributed by atoms with Crippen LogP contribution in [0.1, 0.15) is 12.8 Å². The molecule has 0 unspecified atom stereocenters. The predicted molar refractivity (Wildman–Crippen MR) is 59.7 cm³/mol. The molecule has 0 atom stereocenters. The van der Waals surface area contributed by atoms with Gasteiger partial charge in [0, 0.05) is 24.8 Å². The number of likely N-dealkylation sites (tertiary alicyclic amines) is 1. The fourth-order valence-corrected chi connectivity index (χ4v) is 1.87. The van der Waals surface area contributed by atoms with Gasteiger partial charge in [0.1, 0.15) is 0 Å². The predicted octanol–water partition coefficient (Wildman–Crippen LogP) is 1.31. The Hall–Kier alpha value is -1.53. The topological polar surface area (TPSA) is 53.0 Å². The number of hydrogen-bond donors (Lipinski definition) is 1. The Morgan fingerprint density at radius 2 is 2.27 bits per heavy atom. The average molecular weight is 201 g/mol. The lowest BCUT2D eigenvalue weighted by Crippen LogP contribution is -2.54. The van der Waals surface area contributed by atoms with Crippen LogP contribution in [0.5, 0.6) is 0 Å². The fraction of sp³-hybridized carbons (Fsp3) is 0.417. The van der Waals surface area contributed by atoms with E-state index in [1.54, 1.807) is 0 Å². The quantitative estimate of drug-likeness (QED) is 0.696. The SMILES string of the molecule is N#CC1=C/C=C\CCC(N2CC(N)C2)=C1. The number of hydrogen-bond acceptors (Lipinski definition) is 3. The van der Waals surface area contributed by atoms with E-state index in [0.29, 0.717) is 6.04 Å². The van der Waals surface area contributed by atoms with Gasteiger partial charge in [-0.05, 0) is 25.0 Å². The zero-order valence-electron chi connectivity index (χ0n) is 8.69. The molecule has 0 amide bonds. The molecule has 0 bridgehead atoms. The lowest BCUT2D eigenvalue weighted by molar-refractivity contribution is 0.194. The molecular formula is C12H15N3. The number of rotatable bonds is 1. The van der Waals surface area contributed by atoms with E-state index >= 15 is 0 Å².